The Hall–Kier alpha value is -2.42. The third-order valence-electron chi connectivity index (χ3n) is 3.32. The van der Waals surface area contributed by atoms with Crippen molar-refractivity contribution in [1.29, 1.82) is 0 Å². The molecule has 8 nitrogen and oxygen atoms in total. The van der Waals surface area contributed by atoms with E-state index in [4.69, 9.17) is 14.6 Å². The molecule has 0 saturated heterocycles. The van der Waals surface area contributed by atoms with Crippen molar-refractivity contribution in [2.24, 2.45) is 0 Å². The van der Waals surface area contributed by atoms with Crippen LogP contribution < -0.4 is 5.32 Å². The molecule has 1 aromatic carbocycles. The summed E-state index contributed by atoms with van der Waals surface area (Å²) >= 11 is 0. The average Bonchev–Trinajstić information content (AvgIpc) is 2.79. The summed E-state index contributed by atoms with van der Waals surface area (Å²) in [7, 11) is 2.95. The van der Waals surface area contributed by atoms with Gasteiger partial charge in [-0.1, -0.05) is 6.07 Å². The third kappa shape index (κ3) is 3.50. The van der Waals surface area contributed by atoms with Crippen LogP contribution in [-0.4, -0.2) is 54.3 Å². The first kappa shape index (κ1) is 16.9. The second-order valence-corrected chi connectivity index (χ2v) is 4.78. The number of aliphatic hydroxyl groups excluding tert-OH is 1. The number of benzene rings is 1. The molecule has 0 aliphatic carbocycles. The minimum Gasteiger partial charge on any atom is -0.506 e. The fourth-order valence-electron chi connectivity index (χ4n) is 2.22. The second kappa shape index (κ2) is 7.23. The van der Waals surface area contributed by atoms with E-state index in [9.17, 15) is 14.7 Å². The Morgan fingerprint density at radius 1 is 1.26 bits per heavy atom. The van der Waals surface area contributed by atoms with Crippen LogP contribution in [0.2, 0.25) is 0 Å². The Labute approximate surface area is 132 Å². The number of methoxy groups -OCH3 is 2. The highest BCUT2D eigenvalue weighted by Gasteiger charge is 2.31. The van der Waals surface area contributed by atoms with Crippen molar-refractivity contribution in [2.45, 2.75) is 6.29 Å². The number of hydrogen-bond acceptors (Lipinski definition) is 7. The van der Waals surface area contributed by atoms with Crippen LogP contribution in [0.5, 0.6) is 5.75 Å². The lowest BCUT2D eigenvalue weighted by atomic mass is 10.1. The van der Waals surface area contributed by atoms with Gasteiger partial charge >= 0.3 is 0 Å². The number of carbonyl (C=O) groups excluding carboxylic acids is 2. The predicted molar refractivity (Wildman–Crippen MR) is 80.4 cm³/mol. The minimum atomic E-state index is -0.628. The van der Waals surface area contributed by atoms with Gasteiger partial charge in [0.1, 0.15) is 11.4 Å². The molecule has 0 spiro atoms. The van der Waals surface area contributed by atoms with E-state index in [2.05, 4.69) is 5.32 Å². The molecule has 0 bridgehead atoms. The van der Waals surface area contributed by atoms with Gasteiger partial charge < -0.3 is 25.0 Å². The zero-order chi connectivity index (χ0) is 17.0. The van der Waals surface area contributed by atoms with Gasteiger partial charge in [-0.05, 0) is 12.1 Å². The Morgan fingerprint density at radius 2 is 1.96 bits per heavy atom. The summed E-state index contributed by atoms with van der Waals surface area (Å²) in [4.78, 5) is 24.7. The van der Waals surface area contributed by atoms with Gasteiger partial charge in [-0.2, -0.15) is 0 Å². The van der Waals surface area contributed by atoms with Crippen LogP contribution in [-0.2, 0) is 19.1 Å². The number of amides is 2. The van der Waals surface area contributed by atoms with E-state index in [1.807, 2.05) is 0 Å². The van der Waals surface area contributed by atoms with Crippen molar-refractivity contribution in [1.82, 2.24) is 4.90 Å². The van der Waals surface area contributed by atoms with Crippen molar-refractivity contribution in [3.05, 3.63) is 35.5 Å². The molecule has 8 heteroatoms. The standard InChI is InChI=1S/C15H18N2O6/c1-22-15(23-2)9-3-4-12(19)10(7-9)16-11-8-13(20)17(5-6-18)14(11)21/h3-4,7-8,15-16,18-19H,5-6H2,1-2H3. The van der Waals surface area contributed by atoms with E-state index in [1.165, 1.54) is 20.3 Å². The molecule has 2 amide bonds. The molecule has 0 aromatic heterocycles. The summed E-state index contributed by atoms with van der Waals surface area (Å²) in [5.74, 6) is -1.18. The van der Waals surface area contributed by atoms with Crippen LogP contribution in [0.3, 0.4) is 0 Å². The van der Waals surface area contributed by atoms with Crippen molar-refractivity contribution < 1.29 is 29.3 Å². The Kier molecular flexibility index (Phi) is 5.32. The molecule has 1 aliphatic heterocycles. The SMILES string of the molecule is COC(OC)c1ccc(O)c(NC2=CC(=O)N(CCO)C2=O)c1. The number of nitrogens with one attached hydrogen (secondary N) is 1. The van der Waals surface area contributed by atoms with E-state index in [0.29, 0.717) is 5.56 Å². The number of β-amino-alcohol motifs (C(OH)–C–C–N with tert-alkyl or cyclic N) is 1. The maximum Gasteiger partial charge on any atom is 0.277 e. The van der Waals surface area contributed by atoms with Crippen LogP contribution in [0, 0.1) is 0 Å². The Balaban J connectivity index is 2.23. The number of aromatic hydroxyl groups is 1. The van der Waals surface area contributed by atoms with Gasteiger partial charge in [0.2, 0.25) is 0 Å². The quantitative estimate of drug-likeness (QED) is 0.377. The highest BCUT2D eigenvalue weighted by molar-refractivity contribution is 6.17. The molecule has 0 unspecified atom stereocenters. The number of nitrogens with zero attached hydrogens (tertiary/aromatic N) is 1. The van der Waals surface area contributed by atoms with Gasteiger partial charge in [0.15, 0.2) is 6.29 Å². The predicted octanol–water partition coefficient (Wildman–Crippen LogP) is 0.340. The molecule has 124 valence electrons. The maximum atomic E-state index is 12.1. The van der Waals surface area contributed by atoms with Crippen molar-refractivity contribution >= 4 is 17.5 Å². The number of ether oxygens (including phenoxy) is 2. The number of aliphatic hydroxyl groups is 1. The summed E-state index contributed by atoms with van der Waals surface area (Å²) < 4.78 is 10.3. The van der Waals surface area contributed by atoms with E-state index >= 15 is 0 Å². The van der Waals surface area contributed by atoms with E-state index in [1.54, 1.807) is 12.1 Å². The van der Waals surface area contributed by atoms with E-state index in [0.717, 1.165) is 11.0 Å². The molecular weight excluding hydrogens is 304 g/mol. The number of rotatable bonds is 7. The van der Waals surface area contributed by atoms with E-state index < -0.39 is 18.1 Å². The number of phenols is 1. The van der Waals surface area contributed by atoms with Crippen molar-refractivity contribution in [3.8, 4) is 5.75 Å². The van der Waals surface area contributed by atoms with Gasteiger partial charge in [-0.15, -0.1) is 0 Å². The molecule has 2 rings (SSSR count). The van der Waals surface area contributed by atoms with Crippen LogP contribution in [0.15, 0.2) is 30.0 Å². The largest absolute Gasteiger partial charge is 0.506 e. The lowest BCUT2D eigenvalue weighted by Gasteiger charge is -2.17. The first-order chi connectivity index (χ1) is 11.0. The number of anilines is 1. The molecule has 0 fully saturated rings. The smallest absolute Gasteiger partial charge is 0.277 e. The maximum absolute atomic E-state index is 12.1. The van der Waals surface area contributed by atoms with Crippen LogP contribution >= 0.6 is 0 Å². The lowest BCUT2D eigenvalue weighted by Crippen LogP contribution is -2.34. The number of hydrogen-bond donors (Lipinski definition) is 3. The number of imide groups is 1. The van der Waals surface area contributed by atoms with Gasteiger partial charge in [0, 0.05) is 25.9 Å². The van der Waals surface area contributed by atoms with Gasteiger partial charge in [-0.25, -0.2) is 0 Å². The summed E-state index contributed by atoms with van der Waals surface area (Å²) in [5.41, 5.74) is 0.877. The summed E-state index contributed by atoms with van der Waals surface area (Å²) in [6, 6.07) is 4.60. The zero-order valence-corrected chi connectivity index (χ0v) is 12.8. The minimum absolute atomic E-state index is 0.0160. The third-order valence-corrected chi connectivity index (χ3v) is 3.32. The average molecular weight is 322 g/mol. The molecule has 0 saturated carbocycles. The molecule has 0 radical (unpaired) electrons. The van der Waals surface area contributed by atoms with Gasteiger partial charge in [0.25, 0.3) is 11.8 Å². The number of carbonyl (C=O) groups is 2. The fraction of sp³-hybridized carbons (Fsp3) is 0.333. The normalized spacial score (nSPS) is 14.6. The molecule has 0 atom stereocenters. The Bertz CT molecular complexity index is 639. The highest BCUT2D eigenvalue weighted by atomic mass is 16.7. The van der Waals surface area contributed by atoms with Crippen LogP contribution in [0.4, 0.5) is 5.69 Å². The Morgan fingerprint density at radius 3 is 2.57 bits per heavy atom. The molecule has 1 heterocycles. The van der Waals surface area contributed by atoms with E-state index in [-0.39, 0.29) is 30.3 Å². The molecule has 23 heavy (non-hydrogen) atoms. The summed E-state index contributed by atoms with van der Waals surface area (Å²) in [5, 5.41) is 21.5. The fourth-order valence-corrected chi connectivity index (χ4v) is 2.22. The molecule has 3 N–H and O–H groups in total. The van der Waals surface area contributed by atoms with Gasteiger partial charge in [0.05, 0.1) is 18.8 Å². The van der Waals surface area contributed by atoms with Crippen molar-refractivity contribution in [3.63, 3.8) is 0 Å². The first-order valence-electron chi connectivity index (χ1n) is 6.85. The summed E-state index contributed by atoms with van der Waals surface area (Å²) in [6.45, 7) is -0.399. The summed E-state index contributed by atoms with van der Waals surface area (Å²) in [6.07, 6.45) is 0.491. The first-order valence-corrected chi connectivity index (χ1v) is 6.85. The molecular formula is C15H18N2O6. The van der Waals surface area contributed by atoms with Crippen LogP contribution in [0.1, 0.15) is 11.9 Å². The zero-order valence-electron chi connectivity index (χ0n) is 12.8. The highest BCUT2D eigenvalue weighted by Crippen LogP contribution is 2.30. The lowest BCUT2D eigenvalue weighted by molar-refractivity contribution is -0.137. The monoisotopic (exact) mass is 322 g/mol. The van der Waals surface area contributed by atoms with Crippen LogP contribution in [0.25, 0.3) is 0 Å². The molecule has 1 aliphatic rings. The topological polar surface area (TPSA) is 108 Å². The number of phenolic OH excluding ortho intramolecular Hbond substituents is 1. The van der Waals surface area contributed by atoms with Crippen molar-refractivity contribution in [2.75, 3.05) is 32.7 Å². The molecule has 1 aromatic rings. The van der Waals surface area contributed by atoms with Gasteiger partial charge in [-0.3, -0.25) is 14.5 Å². The second-order valence-electron chi connectivity index (χ2n) is 4.78.